The van der Waals surface area contributed by atoms with Gasteiger partial charge in [-0.3, -0.25) is 4.79 Å². The molecule has 31 heavy (non-hydrogen) atoms. The van der Waals surface area contributed by atoms with Crippen molar-refractivity contribution in [2.45, 2.75) is 13.8 Å². The summed E-state index contributed by atoms with van der Waals surface area (Å²) in [4.78, 5) is 24.5. The highest BCUT2D eigenvalue weighted by molar-refractivity contribution is 6.30. The molecule has 0 saturated heterocycles. The topological polar surface area (TPSA) is 77.0 Å². The number of nitrogens with one attached hydrogen (secondary N) is 1. The van der Waals surface area contributed by atoms with Crippen molar-refractivity contribution in [2.75, 3.05) is 6.61 Å². The van der Waals surface area contributed by atoms with E-state index in [1.165, 1.54) is 6.21 Å². The van der Waals surface area contributed by atoms with E-state index in [-0.39, 0.29) is 11.7 Å². The number of hydrazone groups is 1. The van der Waals surface area contributed by atoms with Crippen LogP contribution in [0.5, 0.6) is 11.5 Å². The van der Waals surface area contributed by atoms with Crippen LogP contribution in [0.25, 0.3) is 0 Å². The minimum absolute atomic E-state index is 0.280. The number of carbonyl (C=O) groups is 2. The highest BCUT2D eigenvalue weighted by Gasteiger charge is 2.13. The van der Waals surface area contributed by atoms with Crippen LogP contribution in [0.1, 0.15) is 38.8 Å². The van der Waals surface area contributed by atoms with Crippen molar-refractivity contribution >= 4 is 29.7 Å². The quantitative estimate of drug-likeness (QED) is 0.244. The highest BCUT2D eigenvalue weighted by atomic mass is 35.5. The molecule has 0 aliphatic heterocycles. The van der Waals surface area contributed by atoms with Crippen LogP contribution in [0.15, 0.2) is 71.8 Å². The van der Waals surface area contributed by atoms with Crippen LogP contribution >= 0.6 is 11.6 Å². The molecule has 6 nitrogen and oxygen atoms in total. The van der Waals surface area contributed by atoms with Gasteiger partial charge in [0.05, 0.1) is 18.4 Å². The summed E-state index contributed by atoms with van der Waals surface area (Å²) in [6.07, 6.45) is 1.49. The predicted octanol–water partition coefficient (Wildman–Crippen LogP) is 5.03. The first-order valence-corrected chi connectivity index (χ1v) is 9.98. The molecule has 0 aliphatic carbocycles. The summed E-state index contributed by atoms with van der Waals surface area (Å²) in [6.45, 7) is 4.16. The lowest BCUT2D eigenvalue weighted by atomic mass is 10.1. The molecular formula is C24H21ClN2O4. The second-order valence-corrected chi connectivity index (χ2v) is 7.04. The Hall–Kier alpha value is -3.64. The normalized spacial score (nSPS) is 10.7. The maximum Gasteiger partial charge on any atom is 0.343 e. The fourth-order valence-electron chi connectivity index (χ4n) is 2.64. The summed E-state index contributed by atoms with van der Waals surface area (Å²) in [5.74, 6) is -0.166. The number of ether oxygens (including phenoxy) is 2. The lowest BCUT2D eigenvalue weighted by Crippen LogP contribution is -2.17. The van der Waals surface area contributed by atoms with Gasteiger partial charge in [-0.2, -0.15) is 5.10 Å². The monoisotopic (exact) mass is 436 g/mol. The Morgan fingerprint density at radius 1 is 0.968 bits per heavy atom. The van der Waals surface area contributed by atoms with E-state index in [9.17, 15) is 9.59 Å². The van der Waals surface area contributed by atoms with E-state index in [4.69, 9.17) is 21.1 Å². The van der Waals surface area contributed by atoms with Gasteiger partial charge in [0, 0.05) is 10.6 Å². The molecule has 0 aromatic heterocycles. The zero-order valence-electron chi connectivity index (χ0n) is 17.1. The largest absolute Gasteiger partial charge is 0.490 e. The van der Waals surface area contributed by atoms with Gasteiger partial charge in [0.2, 0.25) is 0 Å². The molecule has 0 radical (unpaired) electrons. The van der Waals surface area contributed by atoms with Gasteiger partial charge < -0.3 is 9.47 Å². The average Bonchev–Trinajstić information content (AvgIpc) is 2.76. The van der Waals surface area contributed by atoms with Crippen molar-refractivity contribution in [3.63, 3.8) is 0 Å². The molecule has 0 fully saturated rings. The lowest BCUT2D eigenvalue weighted by Gasteiger charge is -2.11. The fraction of sp³-hybridized carbons (Fsp3) is 0.125. The molecule has 0 heterocycles. The number of hydrogen-bond acceptors (Lipinski definition) is 5. The van der Waals surface area contributed by atoms with Gasteiger partial charge in [0.15, 0.2) is 11.5 Å². The van der Waals surface area contributed by atoms with Gasteiger partial charge >= 0.3 is 5.97 Å². The Morgan fingerprint density at radius 2 is 1.65 bits per heavy atom. The van der Waals surface area contributed by atoms with E-state index in [2.05, 4.69) is 10.5 Å². The molecule has 1 amide bonds. The second-order valence-electron chi connectivity index (χ2n) is 6.60. The predicted molar refractivity (Wildman–Crippen MR) is 120 cm³/mol. The number of amides is 1. The van der Waals surface area contributed by atoms with Crippen LogP contribution in [0.3, 0.4) is 0 Å². The summed E-state index contributed by atoms with van der Waals surface area (Å²) in [5, 5.41) is 4.52. The summed E-state index contributed by atoms with van der Waals surface area (Å²) in [7, 11) is 0. The molecule has 0 atom stereocenters. The van der Waals surface area contributed by atoms with Gasteiger partial charge in [0.25, 0.3) is 5.91 Å². The molecule has 1 N–H and O–H groups in total. The number of esters is 1. The summed E-state index contributed by atoms with van der Waals surface area (Å²) < 4.78 is 11.1. The second kappa shape index (κ2) is 10.4. The number of rotatable bonds is 7. The van der Waals surface area contributed by atoms with Crippen molar-refractivity contribution in [3.8, 4) is 11.5 Å². The van der Waals surface area contributed by atoms with Gasteiger partial charge in [0.1, 0.15) is 0 Å². The minimum Gasteiger partial charge on any atom is -0.490 e. The van der Waals surface area contributed by atoms with Crippen molar-refractivity contribution in [3.05, 3.63) is 94.0 Å². The Kier molecular flexibility index (Phi) is 7.40. The fourth-order valence-corrected chi connectivity index (χ4v) is 2.76. The van der Waals surface area contributed by atoms with Gasteiger partial charge in [-0.25, -0.2) is 10.2 Å². The smallest absolute Gasteiger partial charge is 0.343 e. The Balaban J connectivity index is 1.69. The van der Waals surface area contributed by atoms with E-state index in [0.29, 0.717) is 34.1 Å². The lowest BCUT2D eigenvalue weighted by molar-refractivity contribution is 0.0728. The average molecular weight is 437 g/mol. The molecule has 3 aromatic rings. The van der Waals surface area contributed by atoms with Crippen LogP contribution in [0.4, 0.5) is 0 Å². The van der Waals surface area contributed by atoms with E-state index in [1.54, 1.807) is 54.6 Å². The van der Waals surface area contributed by atoms with E-state index < -0.39 is 5.97 Å². The van der Waals surface area contributed by atoms with Crippen LogP contribution in [-0.4, -0.2) is 24.7 Å². The van der Waals surface area contributed by atoms with Crippen LogP contribution in [0.2, 0.25) is 5.02 Å². The Bertz CT molecular complexity index is 1090. The van der Waals surface area contributed by atoms with Crippen molar-refractivity contribution in [1.82, 2.24) is 5.43 Å². The number of hydrogen-bond donors (Lipinski definition) is 1. The van der Waals surface area contributed by atoms with Crippen molar-refractivity contribution in [2.24, 2.45) is 5.10 Å². The molecule has 0 bridgehead atoms. The summed E-state index contributed by atoms with van der Waals surface area (Å²) in [5.41, 5.74) is 5.11. The third-order valence-electron chi connectivity index (χ3n) is 4.24. The van der Waals surface area contributed by atoms with Crippen molar-refractivity contribution in [1.29, 1.82) is 0 Å². The maximum atomic E-state index is 12.4. The van der Waals surface area contributed by atoms with Crippen molar-refractivity contribution < 1.29 is 19.1 Å². The summed E-state index contributed by atoms with van der Waals surface area (Å²) in [6, 6.07) is 18.6. The minimum atomic E-state index is -0.524. The molecule has 0 aliphatic rings. The number of nitrogens with zero attached hydrogens (tertiary/aromatic N) is 1. The standard InChI is InChI=1S/C24H21ClN2O4/c1-3-30-22-14-17(15-26-27-23(28)18-7-4-16(2)5-8-18)6-13-21(22)31-24(29)19-9-11-20(25)12-10-19/h4-15H,3H2,1-2H3,(H,27,28)/b26-15-. The molecule has 0 spiro atoms. The molecule has 158 valence electrons. The Morgan fingerprint density at radius 3 is 2.32 bits per heavy atom. The highest BCUT2D eigenvalue weighted by Crippen LogP contribution is 2.29. The number of halogens is 1. The third kappa shape index (κ3) is 6.17. The van der Waals surface area contributed by atoms with Crippen LogP contribution < -0.4 is 14.9 Å². The first-order chi connectivity index (χ1) is 15.0. The van der Waals surface area contributed by atoms with Gasteiger partial charge in [-0.05, 0) is 74.0 Å². The number of carbonyl (C=O) groups excluding carboxylic acids is 2. The Labute approximate surface area is 185 Å². The number of aryl methyl sites for hydroxylation is 1. The zero-order chi connectivity index (χ0) is 22.2. The zero-order valence-corrected chi connectivity index (χ0v) is 17.8. The molecule has 0 unspecified atom stereocenters. The SMILES string of the molecule is CCOc1cc(/C=N\NC(=O)c2ccc(C)cc2)ccc1OC(=O)c1ccc(Cl)cc1. The van der Waals surface area contributed by atoms with E-state index >= 15 is 0 Å². The maximum absolute atomic E-state index is 12.4. The molecule has 3 rings (SSSR count). The van der Waals surface area contributed by atoms with Crippen LogP contribution in [0, 0.1) is 6.92 Å². The van der Waals surface area contributed by atoms with Gasteiger partial charge in [-0.1, -0.05) is 29.3 Å². The first-order valence-electron chi connectivity index (χ1n) is 9.61. The molecule has 7 heteroatoms. The van der Waals surface area contributed by atoms with E-state index in [0.717, 1.165) is 5.56 Å². The molecule has 0 saturated carbocycles. The molecular weight excluding hydrogens is 416 g/mol. The number of benzene rings is 3. The van der Waals surface area contributed by atoms with E-state index in [1.807, 2.05) is 26.0 Å². The summed E-state index contributed by atoms with van der Waals surface area (Å²) >= 11 is 5.85. The van der Waals surface area contributed by atoms with Crippen LogP contribution in [-0.2, 0) is 0 Å². The first kappa shape index (κ1) is 22.1. The van der Waals surface area contributed by atoms with Gasteiger partial charge in [-0.15, -0.1) is 0 Å². The molecule has 3 aromatic carbocycles. The third-order valence-corrected chi connectivity index (χ3v) is 4.50.